The van der Waals surface area contributed by atoms with Gasteiger partial charge in [0.25, 0.3) is 5.91 Å². The van der Waals surface area contributed by atoms with E-state index in [2.05, 4.69) is 15.5 Å². The number of nitrogens with one attached hydrogen (secondary N) is 2. The summed E-state index contributed by atoms with van der Waals surface area (Å²) in [6.07, 6.45) is 0. The molecule has 1 saturated heterocycles. The Morgan fingerprint density at radius 2 is 1.85 bits per heavy atom. The molecule has 0 aliphatic carbocycles. The maximum absolute atomic E-state index is 13.0. The molecule has 2 N–H and O–H groups in total. The van der Waals surface area contributed by atoms with E-state index in [1.165, 1.54) is 24.3 Å². The van der Waals surface area contributed by atoms with Gasteiger partial charge in [0, 0.05) is 23.7 Å². The lowest BCUT2D eigenvalue weighted by Crippen LogP contribution is -2.38. The van der Waals surface area contributed by atoms with Crippen LogP contribution >= 0.6 is 23.8 Å². The topological polar surface area (TPSA) is 53.6 Å². The summed E-state index contributed by atoms with van der Waals surface area (Å²) in [6, 6.07) is 10.7. The first kappa shape index (κ1) is 18.6. The van der Waals surface area contributed by atoms with Crippen LogP contribution in [0.15, 0.2) is 42.5 Å². The molecule has 0 bridgehead atoms. The lowest BCUT2D eigenvalue weighted by atomic mass is 10.2. The van der Waals surface area contributed by atoms with Crippen LogP contribution in [0.1, 0.15) is 10.4 Å². The van der Waals surface area contributed by atoms with Crippen molar-refractivity contribution in [2.24, 2.45) is 0 Å². The van der Waals surface area contributed by atoms with Crippen LogP contribution in [0.4, 0.5) is 15.8 Å². The first-order chi connectivity index (χ1) is 12.5. The summed E-state index contributed by atoms with van der Waals surface area (Å²) >= 11 is 11.3. The molecule has 8 heteroatoms. The Morgan fingerprint density at radius 1 is 1.15 bits per heavy atom. The lowest BCUT2D eigenvalue weighted by Gasteiger charge is -2.30. The van der Waals surface area contributed by atoms with Gasteiger partial charge in [-0.1, -0.05) is 11.6 Å². The normalized spacial score (nSPS) is 14.0. The summed E-state index contributed by atoms with van der Waals surface area (Å²) in [5, 5.41) is 6.29. The fourth-order valence-corrected chi connectivity index (χ4v) is 2.99. The SMILES string of the molecule is O=C(NC(=S)Nc1cc(Cl)ccc1N1CCOCC1)c1ccc(F)cc1. The van der Waals surface area contributed by atoms with Crippen LogP contribution in [-0.2, 0) is 4.74 Å². The van der Waals surface area contributed by atoms with Crippen molar-refractivity contribution in [1.29, 1.82) is 0 Å². The van der Waals surface area contributed by atoms with Crippen molar-refractivity contribution < 1.29 is 13.9 Å². The van der Waals surface area contributed by atoms with Gasteiger partial charge in [0.2, 0.25) is 0 Å². The minimum atomic E-state index is -0.419. The van der Waals surface area contributed by atoms with E-state index >= 15 is 0 Å². The highest BCUT2D eigenvalue weighted by molar-refractivity contribution is 7.80. The number of nitrogens with zero attached hydrogens (tertiary/aromatic N) is 1. The molecule has 1 heterocycles. The molecular weight excluding hydrogens is 377 g/mol. The zero-order valence-corrected chi connectivity index (χ0v) is 15.4. The molecule has 0 aromatic heterocycles. The number of benzene rings is 2. The average molecular weight is 394 g/mol. The second kappa shape index (κ2) is 8.44. The number of hydrogen-bond donors (Lipinski definition) is 2. The minimum absolute atomic E-state index is 0.135. The Morgan fingerprint density at radius 3 is 2.54 bits per heavy atom. The van der Waals surface area contributed by atoms with E-state index in [4.69, 9.17) is 28.6 Å². The molecule has 26 heavy (non-hydrogen) atoms. The summed E-state index contributed by atoms with van der Waals surface area (Å²) < 4.78 is 18.3. The molecule has 2 aromatic rings. The number of anilines is 2. The number of ether oxygens (including phenoxy) is 1. The maximum Gasteiger partial charge on any atom is 0.257 e. The molecule has 1 aliphatic heterocycles. The van der Waals surface area contributed by atoms with Gasteiger partial charge in [-0.2, -0.15) is 0 Å². The predicted molar refractivity (Wildman–Crippen MR) is 105 cm³/mol. The number of carbonyl (C=O) groups excluding carboxylic acids is 1. The van der Waals surface area contributed by atoms with E-state index in [0.717, 1.165) is 18.8 Å². The molecule has 1 aliphatic rings. The van der Waals surface area contributed by atoms with Crippen LogP contribution in [0, 0.1) is 5.82 Å². The number of hydrogen-bond acceptors (Lipinski definition) is 4. The Kier molecular flexibility index (Phi) is 6.03. The number of rotatable bonds is 3. The zero-order valence-electron chi connectivity index (χ0n) is 13.8. The summed E-state index contributed by atoms with van der Waals surface area (Å²) in [7, 11) is 0. The van der Waals surface area contributed by atoms with Gasteiger partial charge in [-0.05, 0) is 54.7 Å². The van der Waals surface area contributed by atoms with Crippen molar-refractivity contribution in [3.8, 4) is 0 Å². The summed E-state index contributed by atoms with van der Waals surface area (Å²) in [4.78, 5) is 14.4. The van der Waals surface area contributed by atoms with Crippen molar-refractivity contribution >= 4 is 46.2 Å². The highest BCUT2D eigenvalue weighted by Gasteiger charge is 2.16. The first-order valence-corrected chi connectivity index (χ1v) is 8.82. The van der Waals surface area contributed by atoms with Gasteiger partial charge in [-0.15, -0.1) is 0 Å². The number of carbonyl (C=O) groups is 1. The van der Waals surface area contributed by atoms with E-state index in [1.807, 2.05) is 6.07 Å². The molecule has 136 valence electrons. The van der Waals surface area contributed by atoms with E-state index in [1.54, 1.807) is 12.1 Å². The van der Waals surface area contributed by atoms with Gasteiger partial charge in [0.05, 0.1) is 24.6 Å². The van der Waals surface area contributed by atoms with Crippen LogP contribution < -0.4 is 15.5 Å². The second-order valence-electron chi connectivity index (χ2n) is 5.68. The Bertz CT molecular complexity index is 811. The molecule has 0 unspecified atom stereocenters. The Balaban J connectivity index is 1.71. The molecule has 0 saturated carbocycles. The van der Waals surface area contributed by atoms with Gasteiger partial charge < -0.3 is 15.0 Å². The van der Waals surface area contributed by atoms with Crippen molar-refractivity contribution in [2.45, 2.75) is 0 Å². The van der Waals surface area contributed by atoms with Crippen molar-refractivity contribution in [3.05, 3.63) is 58.9 Å². The van der Waals surface area contributed by atoms with Crippen LogP contribution in [0.5, 0.6) is 0 Å². The summed E-state index contributed by atoms with van der Waals surface area (Å²) in [5.74, 6) is -0.825. The largest absolute Gasteiger partial charge is 0.378 e. The van der Waals surface area contributed by atoms with Crippen LogP contribution in [0.25, 0.3) is 0 Å². The quantitative estimate of drug-likeness (QED) is 0.782. The standard InChI is InChI=1S/C18H17ClFN3O2S/c19-13-3-6-16(23-7-9-25-10-8-23)15(11-13)21-18(26)22-17(24)12-1-4-14(20)5-2-12/h1-6,11H,7-10H2,(H2,21,22,24,26). The molecule has 1 fully saturated rings. The number of amides is 1. The van der Waals surface area contributed by atoms with Crippen LogP contribution in [0.2, 0.25) is 5.02 Å². The van der Waals surface area contributed by atoms with Gasteiger partial charge >= 0.3 is 0 Å². The van der Waals surface area contributed by atoms with E-state index in [0.29, 0.717) is 29.5 Å². The summed E-state index contributed by atoms with van der Waals surface area (Å²) in [6.45, 7) is 2.80. The Hall–Kier alpha value is -2.22. The maximum atomic E-state index is 13.0. The van der Waals surface area contributed by atoms with Gasteiger partial charge in [-0.3, -0.25) is 10.1 Å². The minimum Gasteiger partial charge on any atom is -0.378 e. The van der Waals surface area contributed by atoms with Crippen molar-refractivity contribution in [1.82, 2.24) is 5.32 Å². The zero-order chi connectivity index (χ0) is 18.5. The van der Waals surface area contributed by atoms with Gasteiger partial charge in [0.15, 0.2) is 5.11 Å². The number of thiocarbonyl (C=S) groups is 1. The second-order valence-corrected chi connectivity index (χ2v) is 6.52. The Labute approximate surface area is 161 Å². The fraction of sp³-hybridized carbons (Fsp3) is 0.222. The van der Waals surface area contributed by atoms with E-state index in [9.17, 15) is 9.18 Å². The predicted octanol–water partition coefficient (Wildman–Crippen LogP) is 3.44. The highest BCUT2D eigenvalue weighted by Crippen LogP contribution is 2.29. The monoisotopic (exact) mass is 393 g/mol. The average Bonchev–Trinajstić information content (AvgIpc) is 2.63. The number of halogens is 2. The fourth-order valence-electron chi connectivity index (χ4n) is 2.62. The lowest BCUT2D eigenvalue weighted by molar-refractivity contribution is 0.0977. The highest BCUT2D eigenvalue weighted by atomic mass is 35.5. The molecule has 0 radical (unpaired) electrons. The van der Waals surface area contributed by atoms with Crippen LogP contribution in [0.3, 0.4) is 0 Å². The van der Waals surface area contributed by atoms with E-state index in [-0.39, 0.29) is 5.11 Å². The number of morpholine rings is 1. The third kappa shape index (κ3) is 4.69. The first-order valence-electron chi connectivity index (χ1n) is 8.03. The molecule has 3 rings (SSSR count). The van der Waals surface area contributed by atoms with Crippen molar-refractivity contribution in [2.75, 3.05) is 36.5 Å². The third-order valence-electron chi connectivity index (χ3n) is 3.89. The van der Waals surface area contributed by atoms with Crippen molar-refractivity contribution in [3.63, 3.8) is 0 Å². The summed E-state index contributed by atoms with van der Waals surface area (Å²) in [5.41, 5.74) is 1.94. The molecule has 0 atom stereocenters. The van der Waals surface area contributed by atoms with Gasteiger partial charge in [0.1, 0.15) is 5.82 Å². The molecule has 5 nitrogen and oxygen atoms in total. The molecule has 0 spiro atoms. The smallest absolute Gasteiger partial charge is 0.257 e. The third-order valence-corrected chi connectivity index (χ3v) is 4.33. The van der Waals surface area contributed by atoms with Gasteiger partial charge in [-0.25, -0.2) is 4.39 Å². The van der Waals surface area contributed by atoms with Crippen LogP contribution in [-0.4, -0.2) is 37.3 Å². The molecule has 1 amide bonds. The molecular formula is C18H17ClFN3O2S. The molecule has 2 aromatic carbocycles. The van der Waals surface area contributed by atoms with E-state index < -0.39 is 11.7 Å².